The minimum atomic E-state index is 0.750. The van der Waals surface area contributed by atoms with Gasteiger partial charge >= 0.3 is 0 Å². The van der Waals surface area contributed by atoms with Crippen LogP contribution in [0.5, 0.6) is 0 Å². The lowest BCUT2D eigenvalue weighted by Crippen LogP contribution is -2.25. The number of ether oxygens (including phenoxy) is 1. The normalized spacial score (nSPS) is 29.3. The first kappa shape index (κ1) is 20.6. The number of allylic oxidation sites excluding steroid dienone is 2. The van der Waals surface area contributed by atoms with Gasteiger partial charge in [0.15, 0.2) is 0 Å². The summed E-state index contributed by atoms with van der Waals surface area (Å²) in [5.41, 5.74) is 2.86. The predicted molar refractivity (Wildman–Crippen MR) is 116 cm³/mol. The van der Waals surface area contributed by atoms with Gasteiger partial charge in [-0.2, -0.15) is 0 Å². The van der Waals surface area contributed by atoms with E-state index in [2.05, 4.69) is 50.3 Å². The summed E-state index contributed by atoms with van der Waals surface area (Å²) in [4.78, 5) is 0. The quantitative estimate of drug-likeness (QED) is 0.428. The Hall–Kier alpha value is -1.08. The van der Waals surface area contributed by atoms with Crippen LogP contribution >= 0.6 is 0 Å². The second-order valence-corrected chi connectivity index (χ2v) is 8.88. The fraction of sp³-hybridized carbons (Fsp3) is 0.692. The Bertz CT molecular complexity index is 542. The lowest BCUT2D eigenvalue weighted by Gasteiger charge is -2.37. The third-order valence-electron chi connectivity index (χ3n) is 7.04. The molecule has 0 bridgehead atoms. The van der Waals surface area contributed by atoms with Crippen molar-refractivity contribution in [2.75, 3.05) is 6.61 Å². The molecule has 3 rings (SSSR count). The van der Waals surface area contributed by atoms with Crippen LogP contribution in [0, 0.1) is 17.8 Å². The average Bonchev–Trinajstić information content (AvgIpc) is 2.73. The Labute approximate surface area is 167 Å². The molecule has 0 atom stereocenters. The predicted octanol–water partition coefficient (Wildman–Crippen LogP) is 7.66. The van der Waals surface area contributed by atoms with Gasteiger partial charge in [0.05, 0.1) is 6.61 Å². The van der Waals surface area contributed by atoms with E-state index < -0.39 is 0 Å². The van der Waals surface area contributed by atoms with Crippen molar-refractivity contribution in [2.45, 2.75) is 90.6 Å². The molecule has 0 aromatic heterocycles. The highest BCUT2D eigenvalue weighted by molar-refractivity contribution is 5.25. The van der Waals surface area contributed by atoms with Crippen LogP contribution in [-0.2, 0) is 11.3 Å². The third kappa shape index (κ3) is 6.21. The van der Waals surface area contributed by atoms with Crippen LogP contribution in [0.2, 0.25) is 0 Å². The smallest absolute Gasteiger partial charge is 0.0716 e. The van der Waals surface area contributed by atoms with E-state index in [1.165, 1.54) is 69.8 Å². The van der Waals surface area contributed by atoms with Gasteiger partial charge in [-0.1, -0.05) is 49.8 Å². The molecule has 1 heteroatoms. The Morgan fingerprint density at radius 1 is 0.852 bits per heavy atom. The van der Waals surface area contributed by atoms with E-state index in [1.807, 2.05) is 0 Å². The van der Waals surface area contributed by atoms with Crippen molar-refractivity contribution in [1.82, 2.24) is 0 Å². The molecule has 150 valence electrons. The van der Waals surface area contributed by atoms with Crippen molar-refractivity contribution in [3.8, 4) is 0 Å². The fourth-order valence-electron chi connectivity index (χ4n) is 5.29. The van der Waals surface area contributed by atoms with Crippen LogP contribution in [0.3, 0.4) is 0 Å². The van der Waals surface area contributed by atoms with E-state index in [-0.39, 0.29) is 0 Å². The Morgan fingerprint density at radius 3 is 2.07 bits per heavy atom. The lowest BCUT2D eigenvalue weighted by atomic mass is 9.68. The van der Waals surface area contributed by atoms with Crippen molar-refractivity contribution in [3.63, 3.8) is 0 Å². The molecule has 0 spiro atoms. The molecule has 0 radical (unpaired) electrons. The zero-order chi connectivity index (χ0) is 18.9. The number of hydrogen-bond acceptors (Lipinski definition) is 1. The zero-order valence-corrected chi connectivity index (χ0v) is 17.7. The fourth-order valence-corrected chi connectivity index (χ4v) is 5.29. The van der Waals surface area contributed by atoms with Gasteiger partial charge in [-0.3, -0.25) is 0 Å². The Kier molecular flexibility index (Phi) is 8.45. The van der Waals surface area contributed by atoms with Gasteiger partial charge in [0.2, 0.25) is 0 Å². The lowest BCUT2D eigenvalue weighted by molar-refractivity contribution is 0.134. The molecule has 1 nitrogen and oxygen atoms in total. The first-order valence-electron chi connectivity index (χ1n) is 11.6. The number of unbranched alkanes of at least 4 members (excludes halogenated alkanes) is 1. The van der Waals surface area contributed by atoms with Crippen molar-refractivity contribution >= 4 is 0 Å². The van der Waals surface area contributed by atoms with Crippen LogP contribution in [0.1, 0.15) is 95.1 Å². The molecule has 0 heterocycles. The van der Waals surface area contributed by atoms with Crippen LogP contribution < -0.4 is 0 Å². The third-order valence-corrected chi connectivity index (χ3v) is 7.04. The monoisotopic (exact) mass is 368 g/mol. The molecule has 2 saturated carbocycles. The highest BCUT2D eigenvalue weighted by Gasteiger charge is 2.30. The summed E-state index contributed by atoms with van der Waals surface area (Å²) < 4.78 is 5.52. The SMILES string of the molecule is CCCC=CC1CCC(C2CCC(c3ccc(COCC)cc3)CC2)CC1. The molecule has 1 aromatic rings. The summed E-state index contributed by atoms with van der Waals surface area (Å²) in [6, 6.07) is 9.25. The Morgan fingerprint density at radius 2 is 1.48 bits per heavy atom. The molecule has 2 aliphatic rings. The summed E-state index contributed by atoms with van der Waals surface area (Å²) in [7, 11) is 0. The molecule has 0 amide bonds. The largest absolute Gasteiger partial charge is 0.377 e. The van der Waals surface area contributed by atoms with Crippen molar-refractivity contribution in [1.29, 1.82) is 0 Å². The molecule has 2 fully saturated rings. The number of hydrogen-bond donors (Lipinski definition) is 0. The van der Waals surface area contributed by atoms with Crippen LogP contribution in [0.25, 0.3) is 0 Å². The van der Waals surface area contributed by atoms with Crippen LogP contribution in [-0.4, -0.2) is 6.61 Å². The van der Waals surface area contributed by atoms with Gasteiger partial charge in [-0.15, -0.1) is 0 Å². The molecule has 27 heavy (non-hydrogen) atoms. The summed E-state index contributed by atoms with van der Waals surface area (Å²) in [5, 5.41) is 0. The topological polar surface area (TPSA) is 9.23 Å². The van der Waals surface area contributed by atoms with Crippen LogP contribution in [0.15, 0.2) is 36.4 Å². The highest BCUT2D eigenvalue weighted by atomic mass is 16.5. The second-order valence-electron chi connectivity index (χ2n) is 8.88. The minimum absolute atomic E-state index is 0.750. The standard InChI is InChI=1S/C26H40O/c1-3-5-6-7-21-8-12-23(13-9-21)25-16-18-26(19-17-25)24-14-10-22(11-15-24)20-27-4-2/h6-7,10-11,14-15,21,23,25-26H,3-5,8-9,12-13,16-20H2,1-2H3. The highest BCUT2D eigenvalue weighted by Crippen LogP contribution is 2.44. The second kappa shape index (κ2) is 11.1. The van der Waals surface area contributed by atoms with E-state index >= 15 is 0 Å². The van der Waals surface area contributed by atoms with Crippen molar-refractivity contribution in [2.24, 2.45) is 17.8 Å². The number of rotatable bonds is 8. The van der Waals surface area contributed by atoms with Gasteiger partial charge in [0.1, 0.15) is 0 Å². The molecule has 0 saturated heterocycles. The first-order valence-corrected chi connectivity index (χ1v) is 11.6. The maximum atomic E-state index is 5.52. The summed E-state index contributed by atoms with van der Waals surface area (Å²) in [5.74, 6) is 3.67. The molecule has 0 N–H and O–H groups in total. The first-order chi connectivity index (χ1) is 13.3. The van der Waals surface area contributed by atoms with E-state index in [4.69, 9.17) is 4.74 Å². The average molecular weight is 369 g/mol. The summed E-state index contributed by atoms with van der Waals surface area (Å²) in [6.07, 6.45) is 19.0. The van der Waals surface area contributed by atoms with Crippen molar-refractivity contribution < 1.29 is 4.74 Å². The Balaban J connectivity index is 1.41. The minimum Gasteiger partial charge on any atom is -0.377 e. The van der Waals surface area contributed by atoms with Crippen LogP contribution in [0.4, 0.5) is 0 Å². The van der Waals surface area contributed by atoms with Gasteiger partial charge in [0.25, 0.3) is 0 Å². The maximum absolute atomic E-state index is 5.52. The molecular weight excluding hydrogens is 328 g/mol. The van der Waals surface area contributed by atoms with E-state index in [1.54, 1.807) is 5.56 Å². The summed E-state index contributed by atoms with van der Waals surface area (Å²) in [6.45, 7) is 5.87. The van der Waals surface area contributed by atoms with Crippen molar-refractivity contribution in [3.05, 3.63) is 47.5 Å². The number of benzene rings is 1. The van der Waals surface area contributed by atoms with Gasteiger partial charge in [0, 0.05) is 6.61 Å². The van der Waals surface area contributed by atoms with Gasteiger partial charge in [-0.05, 0) is 99.5 Å². The van der Waals surface area contributed by atoms with E-state index in [9.17, 15) is 0 Å². The van der Waals surface area contributed by atoms with E-state index in [0.717, 1.165) is 36.9 Å². The zero-order valence-electron chi connectivity index (χ0n) is 17.7. The molecule has 0 unspecified atom stereocenters. The van der Waals surface area contributed by atoms with Gasteiger partial charge in [-0.25, -0.2) is 0 Å². The molecule has 2 aliphatic carbocycles. The van der Waals surface area contributed by atoms with E-state index in [0.29, 0.717) is 0 Å². The van der Waals surface area contributed by atoms with Gasteiger partial charge < -0.3 is 4.74 Å². The molecule has 0 aliphatic heterocycles. The molecule has 1 aromatic carbocycles. The summed E-state index contributed by atoms with van der Waals surface area (Å²) >= 11 is 0. The maximum Gasteiger partial charge on any atom is 0.0716 e. The molecular formula is C26H40O.